The Morgan fingerprint density at radius 1 is 1.56 bits per heavy atom. The van der Waals surface area contributed by atoms with Gasteiger partial charge >= 0.3 is 0 Å². The van der Waals surface area contributed by atoms with E-state index in [9.17, 15) is 0 Å². The van der Waals surface area contributed by atoms with E-state index in [0.29, 0.717) is 31.3 Å². The van der Waals surface area contributed by atoms with Crippen molar-refractivity contribution in [2.45, 2.75) is 6.92 Å². The quantitative estimate of drug-likeness (QED) is 0.243. The molecule has 6 nitrogen and oxygen atoms in total. The smallest absolute Gasteiger partial charge is 0.192 e. The lowest BCUT2D eigenvalue weighted by atomic mass is 10.3. The largest absolute Gasteiger partial charge is 0.489 e. The molecule has 0 aromatic carbocycles. The molecule has 0 atom stereocenters. The second kappa shape index (κ2) is 6.62. The van der Waals surface area contributed by atoms with Gasteiger partial charge in [0.1, 0.15) is 12.4 Å². The Morgan fingerprint density at radius 2 is 2.38 bits per heavy atom. The molecule has 1 aromatic heterocycles. The summed E-state index contributed by atoms with van der Waals surface area (Å²) in [4.78, 5) is 3.97. The Kier molecular flexibility index (Phi) is 5.07. The third kappa shape index (κ3) is 3.39. The molecular formula is C10H15N3O3. The third-order valence-corrected chi connectivity index (χ3v) is 1.81. The zero-order valence-corrected chi connectivity index (χ0v) is 9.09. The van der Waals surface area contributed by atoms with Gasteiger partial charge in [-0.3, -0.25) is 0 Å². The van der Waals surface area contributed by atoms with Crippen LogP contribution in [-0.2, 0) is 4.74 Å². The van der Waals surface area contributed by atoms with E-state index in [-0.39, 0.29) is 5.84 Å². The van der Waals surface area contributed by atoms with Crippen LogP contribution in [0.3, 0.4) is 0 Å². The fourth-order valence-electron chi connectivity index (χ4n) is 1.10. The van der Waals surface area contributed by atoms with Crippen molar-refractivity contribution in [3.63, 3.8) is 0 Å². The molecule has 0 aliphatic carbocycles. The minimum atomic E-state index is -0.0768. The first kappa shape index (κ1) is 12.3. The number of aromatic nitrogens is 1. The molecule has 1 heterocycles. The Morgan fingerprint density at radius 3 is 3.06 bits per heavy atom. The van der Waals surface area contributed by atoms with Crippen LogP contribution in [0.25, 0.3) is 0 Å². The maximum Gasteiger partial charge on any atom is 0.192 e. The number of ether oxygens (including phenoxy) is 2. The first-order chi connectivity index (χ1) is 7.79. The summed E-state index contributed by atoms with van der Waals surface area (Å²) >= 11 is 0. The van der Waals surface area contributed by atoms with Crippen molar-refractivity contribution >= 4 is 5.84 Å². The zero-order chi connectivity index (χ0) is 11.8. The number of amidine groups is 1. The van der Waals surface area contributed by atoms with Gasteiger partial charge in [-0.2, -0.15) is 0 Å². The van der Waals surface area contributed by atoms with E-state index >= 15 is 0 Å². The Bertz CT molecular complexity index is 355. The topological polar surface area (TPSA) is 90.0 Å². The predicted molar refractivity (Wildman–Crippen MR) is 58.7 cm³/mol. The summed E-state index contributed by atoms with van der Waals surface area (Å²) < 4.78 is 10.5. The van der Waals surface area contributed by atoms with Gasteiger partial charge < -0.3 is 20.4 Å². The van der Waals surface area contributed by atoms with Gasteiger partial charge in [-0.05, 0) is 19.1 Å². The number of nitrogens with two attached hydrogens (primary N) is 1. The van der Waals surface area contributed by atoms with Crippen LogP contribution >= 0.6 is 0 Å². The van der Waals surface area contributed by atoms with E-state index in [0.717, 1.165) is 0 Å². The average molecular weight is 225 g/mol. The van der Waals surface area contributed by atoms with E-state index in [1.807, 2.05) is 6.92 Å². The van der Waals surface area contributed by atoms with Crippen molar-refractivity contribution in [1.82, 2.24) is 4.98 Å². The summed E-state index contributed by atoms with van der Waals surface area (Å²) in [5, 5.41) is 11.4. The fraction of sp³-hybridized carbons (Fsp3) is 0.400. The summed E-state index contributed by atoms with van der Waals surface area (Å²) in [6.07, 6.45) is 1.54. The van der Waals surface area contributed by atoms with Gasteiger partial charge in [-0.1, -0.05) is 5.16 Å². The Labute approximate surface area is 93.7 Å². The van der Waals surface area contributed by atoms with Gasteiger partial charge in [0.05, 0.1) is 6.61 Å². The molecule has 0 amide bonds. The monoisotopic (exact) mass is 225 g/mol. The molecule has 0 spiro atoms. The standard InChI is InChI=1S/C10H15N3O3/c1-2-15-6-7-16-8-4-3-5-12-9(8)10(11)13-14/h3-5,14H,2,6-7H2,1H3,(H2,11,13). The van der Waals surface area contributed by atoms with Crippen LogP contribution in [0.2, 0.25) is 0 Å². The minimum absolute atomic E-state index is 0.0768. The summed E-state index contributed by atoms with van der Waals surface area (Å²) in [6.45, 7) is 3.43. The number of rotatable bonds is 6. The molecule has 3 N–H and O–H groups in total. The van der Waals surface area contributed by atoms with Crippen molar-refractivity contribution in [3.8, 4) is 5.75 Å². The predicted octanol–water partition coefficient (Wildman–Crippen LogP) is 0.591. The molecule has 1 aromatic rings. The normalized spacial score (nSPS) is 11.4. The van der Waals surface area contributed by atoms with Gasteiger partial charge in [0.15, 0.2) is 11.5 Å². The molecule has 6 heteroatoms. The molecule has 88 valence electrons. The highest BCUT2D eigenvalue weighted by Gasteiger charge is 2.08. The molecule has 16 heavy (non-hydrogen) atoms. The van der Waals surface area contributed by atoms with Gasteiger partial charge in [0.25, 0.3) is 0 Å². The van der Waals surface area contributed by atoms with Crippen LogP contribution in [0.5, 0.6) is 5.75 Å². The van der Waals surface area contributed by atoms with E-state index in [1.54, 1.807) is 18.3 Å². The highest BCUT2D eigenvalue weighted by molar-refractivity contribution is 5.97. The van der Waals surface area contributed by atoms with Crippen LogP contribution in [0.1, 0.15) is 12.6 Å². The molecule has 0 saturated heterocycles. The maximum absolute atomic E-state index is 8.57. The third-order valence-electron chi connectivity index (χ3n) is 1.81. The lowest BCUT2D eigenvalue weighted by molar-refractivity contribution is 0.110. The van der Waals surface area contributed by atoms with Crippen LogP contribution < -0.4 is 10.5 Å². The average Bonchev–Trinajstić information content (AvgIpc) is 2.34. The molecule has 0 radical (unpaired) electrons. The van der Waals surface area contributed by atoms with Gasteiger partial charge in [0, 0.05) is 12.8 Å². The Balaban J connectivity index is 2.64. The van der Waals surface area contributed by atoms with Crippen LogP contribution in [0.4, 0.5) is 0 Å². The van der Waals surface area contributed by atoms with Gasteiger partial charge in [0.2, 0.25) is 0 Å². The molecule has 0 aliphatic rings. The van der Waals surface area contributed by atoms with Crippen molar-refractivity contribution in [2.24, 2.45) is 10.9 Å². The number of nitrogens with zero attached hydrogens (tertiary/aromatic N) is 2. The maximum atomic E-state index is 8.57. The zero-order valence-electron chi connectivity index (χ0n) is 9.09. The number of hydrogen-bond acceptors (Lipinski definition) is 5. The van der Waals surface area contributed by atoms with E-state index in [2.05, 4.69) is 10.1 Å². The number of oxime groups is 1. The SMILES string of the molecule is CCOCCOc1cccnc1/C(N)=N/O. The van der Waals surface area contributed by atoms with Crippen LogP contribution in [0.15, 0.2) is 23.5 Å². The molecule has 0 aliphatic heterocycles. The number of pyridine rings is 1. The highest BCUT2D eigenvalue weighted by Crippen LogP contribution is 2.14. The summed E-state index contributed by atoms with van der Waals surface area (Å²) in [7, 11) is 0. The van der Waals surface area contributed by atoms with E-state index in [4.69, 9.17) is 20.4 Å². The molecular weight excluding hydrogens is 210 g/mol. The van der Waals surface area contributed by atoms with Crippen molar-refractivity contribution in [1.29, 1.82) is 0 Å². The first-order valence-electron chi connectivity index (χ1n) is 4.93. The lowest BCUT2D eigenvalue weighted by Gasteiger charge is -2.09. The molecule has 0 fully saturated rings. The van der Waals surface area contributed by atoms with Gasteiger partial charge in [-0.15, -0.1) is 0 Å². The fourth-order valence-corrected chi connectivity index (χ4v) is 1.10. The van der Waals surface area contributed by atoms with Crippen LogP contribution in [-0.4, -0.2) is 35.8 Å². The lowest BCUT2D eigenvalue weighted by Crippen LogP contribution is -2.17. The van der Waals surface area contributed by atoms with E-state index in [1.165, 1.54) is 0 Å². The van der Waals surface area contributed by atoms with Gasteiger partial charge in [-0.25, -0.2) is 4.98 Å². The van der Waals surface area contributed by atoms with Crippen molar-refractivity contribution in [3.05, 3.63) is 24.0 Å². The summed E-state index contributed by atoms with van der Waals surface area (Å²) in [6, 6.07) is 3.41. The second-order valence-electron chi connectivity index (χ2n) is 2.88. The van der Waals surface area contributed by atoms with Crippen molar-refractivity contribution in [2.75, 3.05) is 19.8 Å². The second-order valence-corrected chi connectivity index (χ2v) is 2.88. The summed E-state index contributed by atoms with van der Waals surface area (Å²) in [5.41, 5.74) is 5.77. The summed E-state index contributed by atoms with van der Waals surface area (Å²) in [5.74, 6) is 0.393. The minimum Gasteiger partial charge on any atom is -0.489 e. The molecule has 0 saturated carbocycles. The van der Waals surface area contributed by atoms with Crippen LogP contribution in [0, 0.1) is 0 Å². The highest BCUT2D eigenvalue weighted by atomic mass is 16.5. The first-order valence-corrected chi connectivity index (χ1v) is 4.93. The molecule has 0 bridgehead atoms. The van der Waals surface area contributed by atoms with E-state index < -0.39 is 0 Å². The molecule has 0 unspecified atom stereocenters. The molecule has 1 rings (SSSR count). The van der Waals surface area contributed by atoms with Crippen molar-refractivity contribution < 1.29 is 14.7 Å². The Hall–Kier alpha value is -1.82. The number of hydrogen-bond donors (Lipinski definition) is 2.